The van der Waals surface area contributed by atoms with Crippen molar-refractivity contribution in [3.05, 3.63) is 0 Å². The summed E-state index contributed by atoms with van der Waals surface area (Å²) in [5.74, 6) is 1.41. The molecule has 0 aromatic heterocycles. The third-order valence-electron chi connectivity index (χ3n) is 4.78. The summed E-state index contributed by atoms with van der Waals surface area (Å²) in [6.07, 6.45) is 5.23. The Labute approximate surface area is 183 Å². The van der Waals surface area contributed by atoms with E-state index < -0.39 is 10.0 Å². The number of nitrogens with one attached hydrogen (secondary N) is 3. The molecule has 1 rings (SSSR count). The third kappa shape index (κ3) is 11.5. The number of hydrogen-bond donors (Lipinski definition) is 3. The molecular weight excluding hydrogens is 477 g/mol. The highest BCUT2D eigenvalue weighted by Crippen LogP contribution is 2.17. The molecule has 1 saturated heterocycles. The summed E-state index contributed by atoms with van der Waals surface area (Å²) >= 11 is 0. The Hall–Kier alpha value is -0.130. The van der Waals surface area contributed by atoms with Crippen LogP contribution < -0.4 is 15.4 Å². The first kappa shape index (κ1) is 26.9. The molecule has 1 atom stereocenters. The quantitative estimate of drug-likeness (QED) is 0.179. The Bertz CT molecular complexity index is 506. The van der Waals surface area contributed by atoms with Crippen molar-refractivity contribution < 1.29 is 8.42 Å². The van der Waals surface area contributed by atoms with Gasteiger partial charge in [-0.15, -0.1) is 24.0 Å². The van der Waals surface area contributed by atoms with Crippen LogP contribution in [0.3, 0.4) is 0 Å². The Kier molecular flexibility index (Phi) is 14.7. The van der Waals surface area contributed by atoms with E-state index in [0.29, 0.717) is 25.0 Å². The van der Waals surface area contributed by atoms with Crippen molar-refractivity contribution in [3.8, 4) is 0 Å². The summed E-state index contributed by atoms with van der Waals surface area (Å²) in [7, 11) is -3.14. The molecule has 0 aromatic rings. The van der Waals surface area contributed by atoms with Crippen LogP contribution in [0.5, 0.6) is 0 Å². The van der Waals surface area contributed by atoms with Gasteiger partial charge in [-0.25, -0.2) is 13.1 Å². The normalized spacial score (nSPS) is 17.9. The average molecular weight is 518 g/mol. The van der Waals surface area contributed by atoms with Crippen molar-refractivity contribution in [2.45, 2.75) is 59.4 Å². The molecule has 9 heteroatoms. The number of likely N-dealkylation sites (tertiary alicyclic amines) is 1. The second-order valence-corrected chi connectivity index (χ2v) is 9.30. The summed E-state index contributed by atoms with van der Waals surface area (Å²) in [4.78, 5) is 7.37. The maximum atomic E-state index is 11.5. The molecule has 1 heterocycles. The molecule has 1 aliphatic heterocycles. The Morgan fingerprint density at radius 2 is 1.67 bits per heavy atom. The highest BCUT2D eigenvalue weighted by molar-refractivity contribution is 14.0. The molecule has 0 amide bonds. The molecule has 0 spiro atoms. The van der Waals surface area contributed by atoms with Crippen LogP contribution in [0, 0.1) is 5.92 Å². The minimum atomic E-state index is -3.14. The fraction of sp³-hybridized carbons (Fsp3) is 0.944. The zero-order chi connectivity index (χ0) is 19.4. The average Bonchev–Trinajstić information content (AvgIpc) is 2.87. The van der Waals surface area contributed by atoms with E-state index in [2.05, 4.69) is 34.1 Å². The van der Waals surface area contributed by atoms with Gasteiger partial charge in [0.1, 0.15) is 0 Å². The second kappa shape index (κ2) is 14.8. The largest absolute Gasteiger partial charge is 0.357 e. The minimum Gasteiger partial charge on any atom is -0.357 e. The molecule has 0 saturated carbocycles. The van der Waals surface area contributed by atoms with Gasteiger partial charge in [0, 0.05) is 25.7 Å². The van der Waals surface area contributed by atoms with Crippen LogP contribution in [0.25, 0.3) is 0 Å². The summed E-state index contributed by atoms with van der Waals surface area (Å²) in [5.41, 5.74) is 0. The maximum Gasteiger partial charge on any atom is 0.211 e. The van der Waals surface area contributed by atoms with E-state index in [4.69, 9.17) is 4.99 Å². The van der Waals surface area contributed by atoms with Gasteiger partial charge in [-0.2, -0.15) is 0 Å². The molecule has 1 aliphatic rings. The van der Waals surface area contributed by atoms with Gasteiger partial charge in [0.25, 0.3) is 0 Å². The SMILES string of the molecule is CCNC(=NCC(C(C)C)N1CCCCCC1)NCCNS(=O)(=O)CC.I. The molecule has 7 nitrogen and oxygen atoms in total. The van der Waals surface area contributed by atoms with Crippen molar-refractivity contribution in [2.24, 2.45) is 10.9 Å². The van der Waals surface area contributed by atoms with Crippen molar-refractivity contribution in [3.63, 3.8) is 0 Å². The van der Waals surface area contributed by atoms with Gasteiger partial charge in [-0.05, 0) is 45.7 Å². The molecule has 162 valence electrons. The topological polar surface area (TPSA) is 85.8 Å². The number of nitrogens with zero attached hydrogens (tertiary/aromatic N) is 2. The van der Waals surface area contributed by atoms with Crippen LogP contribution in [0.15, 0.2) is 4.99 Å². The molecule has 1 fully saturated rings. The first-order valence-electron chi connectivity index (χ1n) is 10.1. The number of halogens is 1. The van der Waals surface area contributed by atoms with E-state index in [-0.39, 0.29) is 29.7 Å². The second-order valence-electron chi connectivity index (χ2n) is 7.21. The lowest BCUT2D eigenvalue weighted by atomic mass is 10.0. The number of hydrogen-bond acceptors (Lipinski definition) is 4. The lowest BCUT2D eigenvalue weighted by molar-refractivity contribution is 0.166. The highest BCUT2D eigenvalue weighted by Gasteiger charge is 2.22. The number of rotatable bonds is 10. The Morgan fingerprint density at radius 3 is 2.19 bits per heavy atom. The standard InChI is InChI=1S/C18H39N5O2S.HI/c1-5-19-18(20-11-12-22-26(24,25)6-2)21-15-17(16(3)4)23-13-9-7-8-10-14-23;/h16-17,22H,5-15H2,1-4H3,(H2,19,20,21);1H. The van der Waals surface area contributed by atoms with Gasteiger partial charge in [-0.1, -0.05) is 26.7 Å². The monoisotopic (exact) mass is 517 g/mol. The van der Waals surface area contributed by atoms with Gasteiger partial charge < -0.3 is 10.6 Å². The van der Waals surface area contributed by atoms with Gasteiger partial charge in [0.15, 0.2) is 5.96 Å². The van der Waals surface area contributed by atoms with Crippen molar-refractivity contribution in [1.82, 2.24) is 20.3 Å². The third-order valence-corrected chi connectivity index (χ3v) is 6.18. The van der Waals surface area contributed by atoms with Crippen LogP contribution in [-0.2, 0) is 10.0 Å². The van der Waals surface area contributed by atoms with E-state index in [1.54, 1.807) is 6.92 Å². The van der Waals surface area contributed by atoms with Crippen molar-refractivity contribution >= 4 is 40.0 Å². The summed E-state index contributed by atoms with van der Waals surface area (Å²) in [5, 5.41) is 6.47. The van der Waals surface area contributed by atoms with E-state index >= 15 is 0 Å². The highest BCUT2D eigenvalue weighted by atomic mass is 127. The predicted octanol–water partition coefficient (Wildman–Crippen LogP) is 2.00. The Balaban J connectivity index is 0.00000676. The predicted molar refractivity (Wildman–Crippen MR) is 126 cm³/mol. The fourth-order valence-electron chi connectivity index (χ4n) is 3.19. The van der Waals surface area contributed by atoms with Gasteiger partial charge in [-0.3, -0.25) is 9.89 Å². The lowest BCUT2D eigenvalue weighted by Gasteiger charge is -2.32. The lowest BCUT2D eigenvalue weighted by Crippen LogP contribution is -2.45. The Morgan fingerprint density at radius 1 is 1.04 bits per heavy atom. The minimum absolute atomic E-state index is 0. The molecule has 0 aromatic carbocycles. The summed E-state index contributed by atoms with van der Waals surface area (Å²) in [6, 6.07) is 0.446. The van der Waals surface area contributed by atoms with Crippen LogP contribution in [-0.4, -0.2) is 70.3 Å². The van der Waals surface area contributed by atoms with Gasteiger partial charge in [0.05, 0.1) is 12.3 Å². The smallest absolute Gasteiger partial charge is 0.211 e. The summed E-state index contributed by atoms with van der Waals surface area (Å²) < 4.78 is 25.5. The van der Waals surface area contributed by atoms with E-state index in [0.717, 1.165) is 19.0 Å². The first-order valence-corrected chi connectivity index (χ1v) is 11.8. The zero-order valence-corrected chi connectivity index (χ0v) is 20.6. The zero-order valence-electron chi connectivity index (χ0n) is 17.5. The van der Waals surface area contributed by atoms with E-state index in [9.17, 15) is 8.42 Å². The molecule has 3 N–H and O–H groups in total. The van der Waals surface area contributed by atoms with Crippen molar-refractivity contribution in [1.29, 1.82) is 0 Å². The van der Waals surface area contributed by atoms with E-state index in [1.165, 1.54) is 38.8 Å². The van der Waals surface area contributed by atoms with Crippen LogP contribution in [0.1, 0.15) is 53.4 Å². The van der Waals surface area contributed by atoms with Crippen LogP contribution in [0.2, 0.25) is 0 Å². The molecule has 1 unspecified atom stereocenters. The molecule has 0 aliphatic carbocycles. The van der Waals surface area contributed by atoms with Gasteiger partial charge in [0.2, 0.25) is 10.0 Å². The number of guanidine groups is 1. The van der Waals surface area contributed by atoms with Crippen LogP contribution in [0.4, 0.5) is 0 Å². The molecular formula is C18H40IN5O2S. The molecule has 27 heavy (non-hydrogen) atoms. The number of aliphatic imine (C=N–C) groups is 1. The fourth-order valence-corrected chi connectivity index (χ4v) is 3.81. The first-order chi connectivity index (χ1) is 12.4. The summed E-state index contributed by atoms with van der Waals surface area (Å²) in [6.45, 7) is 13.0. The maximum absolute atomic E-state index is 11.5. The van der Waals surface area contributed by atoms with Crippen molar-refractivity contribution in [2.75, 3.05) is 45.0 Å². The van der Waals surface area contributed by atoms with Crippen LogP contribution >= 0.6 is 24.0 Å². The molecule has 0 radical (unpaired) electrons. The number of sulfonamides is 1. The van der Waals surface area contributed by atoms with E-state index in [1.807, 2.05) is 6.92 Å². The molecule has 0 bridgehead atoms. The van der Waals surface area contributed by atoms with Gasteiger partial charge >= 0.3 is 0 Å².